The fraction of sp³-hybridized carbons (Fsp3) is 0.167. The van der Waals surface area contributed by atoms with E-state index < -0.39 is 0 Å². The number of rotatable bonds is 2. The fourth-order valence-corrected chi connectivity index (χ4v) is 2.09. The Hall–Kier alpha value is -2.02. The topological polar surface area (TPSA) is 65.6 Å². The van der Waals surface area contributed by atoms with E-state index in [-0.39, 0.29) is 5.56 Å². The van der Waals surface area contributed by atoms with Gasteiger partial charge in [-0.3, -0.25) is 19.0 Å². The number of nitrogens with zero attached hydrogens (tertiary/aromatic N) is 5. The first kappa shape index (κ1) is 12.0. The van der Waals surface area contributed by atoms with Gasteiger partial charge < -0.3 is 0 Å². The summed E-state index contributed by atoms with van der Waals surface area (Å²) in [6, 6.07) is 3.76. The molecule has 0 unspecified atom stereocenters. The zero-order valence-corrected chi connectivity index (χ0v) is 11.7. The highest BCUT2D eigenvalue weighted by atomic mass is 79.9. The largest absolute Gasteiger partial charge is 0.292 e. The van der Waals surface area contributed by atoms with E-state index in [1.165, 1.54) is 17.1 Å². The van der Waals surface area contributed by atoms with Crippen LogP contribution in [0.15, 0.2) is 40.1 Å². The summed E-state index contributed by atoms with van der Waals surface area (Å²) < 4.78 is 4.02. The summed E-state index contributed by atoms with van der Waals surface area (Å²) in [6.07, 6.45) is 4.77. The minimum Gasteiger partial charge on any atom is -0.292 e. The van der Waals surface area contributed by atoms with E-state index in [2.05, 4.69) is 31.0 Å². The van der Waals surface area contributed by atoms with Crippen molar-refractivity contribution in [1.82, 2.24) is 24.3 Å². The van der Waals surface area contributed by atoms with Crippen LogP contribution in [0.5, 0.6) is 0 Å². The highest BCUT2D eigenvalue weighted by Gasteiger charge is 2.08. The third kappa shape index (κ3) is 2.17. The SMILES string of the molecule is Cn1ncc2c(=O)n(Cc3ccc(Br)cn3)cnc21. The van der Waals surface area contributed by atoms with Crippen LogP contribution in [-0.2, 0) is 13.6 Å². The van der Waals surface area contributed by atoms with Crippen LogP contribution in [0.3, 0.4) is 0 Å². The molecule has 0 aromatic carbocycles. The number of fused-ring (bicyclic) bond motifs is 1. The lowest BCUT2D eigenvalue weighted by Gasteiger charge is -2.04. The Morgan fingerprint density at radius 1 is 1.26 bits per heavy atom. The number of hydrogen-bond donors (Lipinski definition) is 0. The lowest BCUT2D eigenvalue weighted by Crippen LogP contribution is -2.21. The Morgan fingerprint density at radius 2 is 2.11 bits per heavy atom. The van der Waals surface area contributed by atoms with Crippen LogP contribution in [0.4, 0.5) is 0 Å². The second kappa shape index (κ2) is 4.58. The molecule has 6 nitrogen and oxygen atoms in total. The highest BCUT2D eigenvalue weighted by molar-refractivity contribution is 9.10. The third-order valence-corrected chi connectivity index (χ3v) is 3.31. The van der Waals surface area contributed by atoms with Crippen LogP contribution >= 0.6 is 15.9 Å². The van der Waals surface area contributed by atoms with Gasteiger partial charge in [-0.2, -0.15) is 5.10 Å². The second-order valence-electron chi connectivity index (χ2n) is 4.15. The average molecular weight is 320 g/mol. The molecule has 0 saturated heterocycles. The van der Waals surface area contributed by atoms with Crippen molar-refractivity contribution >= 4 is 27.0 Å². The van der Waals surface area contributed by atoms with Crippen LogP contribution in [0.25, 0.3) is 11.0 Å². The van der Waals surface area contributed by atoms with Crippen LogP contribution in [0, 0.1) is 0 Å². The molecule has 0 aliphatic heterocycles. The Morgan fingerprint density at radius 3 is 2.84 bits per heavy atom. The van der Waals surface area contributed by atoms with Crippen molar-refractivity contribution in [1.29, 1.82) is 0 Å². The molecule has 7 heteroatoms. The first-order valence-electron chi connectivity index (χ1n) is 5.63. The number of aryl methyl sites for hydroxylation is 1. The molecule has 0 aliphatic carbocycles. The summed E-state index contributed by atoms with van der Waals surface area (Å²) in [5.41, 5.74) is 1.28. The Balaban J connectivity index is 2.04. The van der Waals surface area contributed by atoms with Crippen molar-refractivity contribution in [2.75, 3.05) is 0 Å². The van der Waals surface area contributed by atoms with E-state index in [4.69, 9.17) is 0 Å². The normalized spacial score (nSPS) is 11.1. The maximum Gasteiger partial charge on any atom is 0.264 e. The summed E-state index contributed by atoms with van der Waals surface area (Å²) in [5, 5.41) is 4.55. The summed E-state index contributed by atoms with van der Waals surface area (Å²) >= 11 is 3.33. The van der Waals surface area contributed by atoms with Gasteiger partial charge in [0, 0.05) is 17.7 Å². The summed E-state index contributed by atoms with van der Waals surface area (Å²) in [6.45, 7) is 0.393. The number of aromatic nitrogens is 5. The minimum absolute atomic E-state index is 0.109. The van der Waals surface area contributed by atoms with Crippen LogP contribution in [0.2, 0.25) is 0 Å². The molecular weight excluding hydrogens is 310 g/mol. The average Bonchev–Trinajstić information content (AvgIpc) is 2.78. The Labute approximate surface area is 116 Å². The summed E-state index contributed by atoms with van der Waals surface area (Å²) in [5.74, 6) is 0. The molecule has 0 fully saturated rings. The van der Waals surface area contributed by atoms with Gasteiger partial charge in [0.05, 0.1) is 18.4 Å². The quantitative estimate of drug-likeness (QED) is 0.715. The first-order chi connectivity index (χ1) is 9.15. The summed E-state index contributed by atoms with van der Waals surface area (Å²) in [4.78, 5) is 20.7. The molecule has 0 aliphatic rings. The number of halogens is 1. The lowest BCUT2D eigenvalue weighted by molar-refractivity contribution is 0.722. The smallest absolute Gasteiger partial charge is 0.264 e. The molecule has 0 spiro atoms. The van der Waals surface area contributed by atoms with Gasteiger partial charge >= 0.3 is 0 Å². The van der Waals surface area contributed by atoms with Crippen molar-refractivity contribution in [3.05, 3.63) is 51.4 Å². The zero-order chi connectivity index (χ0) is 13.4. The predicted molar refractivity (Wildman–Crippen MR) is 73.8 cm³/mol. The number of pyridine rings is 1. The predicted octanol–water partition coefficient (Wildman–Crippen LogP) is 1.34. The Bertz CT molecular complexity index is 790. The van der Waals surface area contributed by atoms with Gasteiger partial charge in [-0.05, 0) is 28.1 Å². The summed E-state index contributed by atoms with van der Waals surface area (Å²) in [7, 11) is 1.76. The van der Waals surface area contributed by atoms with Crippen molar-refractivity contribution < 1.29 is 0 Å². The van der Waals surface area contributed by atoms with E-state index in [0.29, 0.717) is 17.6 Å². The maximum absolute atomic E-state index is 12.2. The van der Waals surface area contributed by atoms with Crippen LogP contribution < -0.4 is 5.56 Å². The van der Waals surface area contributed by atoms with Crippen molar-refractivity contribution in [3.8, 4) is 0 Å². The second-order valence-corrected chi connectivity index (χ2v) is 5.07. The molecule has 0 atom stereocenters. The third-order valence-electron chi connectivity index (χ3n) is 2.84. The van der Waals surface area contributed by atoms with Crippen molar-refractivity contribution in [2.24, 2.45) is 7.05 Å². The molecular formula is C12H10BrN5O. The molecule has 0 radical (unpaired) electrons. The number of hydrogen-bond acceptors (Lipinski definition) is 4. The molecule has 3 aromatic rings. The minimum atomic E-state index is -0.109. The molecule has 19 heavy (non-hydrogen) atoms. The standard InChI is InChI=1S/C12H10BrN5O/c1-17-11-10(5-16-17)12(19)18(7-15-11)6-9-3-2-8(13)4-14-9/h2-5,7H,6H2,1H3. The molecule has 3 aromatic heterocycles. The van der Waals surface area contributed by atoms with E-state index in [1.807, 2.05) is 12.1 Å². The van der Waals surface area contributed by atoms with Crippen LogP contribution in [-0.4, -0.2) is 24.3 Å². The fourth-order valence-electron chi connectivity index (χ4n) is 1.85. The zero-order valence-electron chi connectivity index (χ0n) is 10.1. The van der Waals surface area contributed by atoms with Crippen LogP contribution in [0.1, 0.15) is 5.69 Å². The molecule has 0 amide bonds. The highest BCUT2D eigenvalue weighted by Crippen LogP contribution is 2.08. The molecule has 0 bridgehead atoms. The first-order valence-corrected chi connectivity index (χ1v) is 6.42. The van der Waals surface area contributed by atoms with Crippen molar-refractivity contribution in [3.63, 3.8) is 0 Å². The van der Waals surface area contributed by atoms with Gasteiger partial charge in [-0.15, -0.1) is 0 Å². The molecule has 0 N–H and O–H groups in total. The van der Waals surface area contributed by atoms with Gasteiger partial charge in [0.25, 0.3) is 5.56 Å². The van der Waals surface area contributed by atoms with Gasteiger partial charge in [-0.25, -0.2) is 4.98 Å². The molecule has 3 rings (SSSR count). The molecule has 0 saturated carbocycles. The maximum atomic E-state index is 12.2. The monoisotopic (exact) mass is 319 g/mol. The van der Waals surface area contributed by atoms with E-state index in [9.17, 15) is 4.79 Å². The van der Waals surface area contributed by atoms with Gasteiger partial charge in [0.1, 0.15) is 11.7 Å². The van der Waals surface area contributed by atoms with Gasteiger partial charge in [-0.1, -0.05) is 0 Å². The van der Waals surface area contributed by atoms with Gasteiger partial charge in [0.2, 0.25) is 0 Å². The van der Waals surface area contributed by atoms with E-state index in [1.54, 1.807) is 17.9 Å². The van der Waals surface area contributed by atoms with Crippen molar-refractivity contribution in [2.45, 2.75) is 6.54 Å². The lowest BCUT2D eigenvalue weighted by atomic mass is 10.3. The van der Waals surface area contributed by atoms with Gasteiger partial charge in [0.15, 0.2) is 5.65 Å². The molecule has 96 valence electrons. The van der Waals surface area contributed by atoms with E-state index in [0.717, 1.165) is 10.2 Å². The van der Waals surface area contributed by atoms with E-state index >= 15 is 0 Å². The Kier molecular flexibility index (Phi) is 2.90. The molecule has 3 heterocycles.